The number of ether oxygens (including phenoxy) is 1. The van der Waals surface area contributed by atoms with Crippen LogP contribution in [0.5, 0.6) is 5.88 Å². The van der Waals surface area contributed by atoms with E-state index in [4.69, 9.17) is 14.7 Å². The van der Waals surface area contributed by atoms with Gasteiger partial charge in [-0.3, -0.25) is 15.1 Å². The number of benzene rings is 1. The maximum Gasteiger partial charge on any atom is 0.258 e. The zero-order valence-electron chi connectivity index (χ0n) is 26.9. The molecule has 1 saturated carbocycles. The van der Waals surface area contributed by atoms with Crippen molar-refractivity contribution in [2.75, 3.05) is 36.9 Å². The molecule has 4 aromatic rings. The number of carbonyl (C=O) groups is 1. The normalized spacial score (nSPS) is 20.3. The van der Waals surface area contributed by atoms with E-state index in [2.05, 4.69) is 50.3 Å². The van der Waals surface area contributed by atoms with Crippen LogP contribution >= 0.6 is 0 Å². The van der Waals surface area contributed by atoms with Gasteiger partial charge in [0.2, 0.25) is 11.8 Å². The van der Waals surface area contributed by atoms with E-state index in [1.165, 1.54) is 45.2 Å². The largest absolute Gasteiger partial charge is 0.477 e. The number of hydrogen-bond donors (Lipinski definition) is 2. The van der Waals surface area contributed by atoms with Crippen LogP contribution in [0.4, 0.5) is 11.6 Å². The van der Waals surface area contributed by atoms with Crippen LogP contribution in [0.1, 0.15) is 74.3 Å². The Kier molecular flexibility index (Phi) is 8.49. The summed E-state index contributed by atoms with van der Waals surface area (Å²) >= 11 is 0. The van der Waals surface area contributed by atoms with Crippen molar-refractivity contribution < 1.29 is 9.53 Å². The predicted molar refractivity (Wildman–Crippen MR) is 178 cm³/mol. The van der Waals surface area contributed by atoms with E-state index in [0.29, 0.717) is 47.6 Å². The summed E-state index contributed by atoms with van der Waals surface area (Å²) in [7, 11) is 1.88. The van der Waals surface area contributed by atoms with Crippen LogP contribution in [0.25, 0.3) is 22.3 Å². The third kappa shape index (κ3) is 6.71. The SMILES string of the molecule is Cc1cc2cc(n1)-c1cnn(C)c1OCCC[C@@H](C1CC1)Cn1c(nc3cc(N[C@@H](C)CCN4CCCCC4)ccc31)NC2=O. The number of nitrogens with one attached hydrogen (secondary N) is 2. The molecule has 0 radical (unpaired) electrons. The molecule has 0 unspecified atom stereocenters. The fraction of sp³-hybridized carbons (Fsp3) is 0.543. The van der Waals surface area contributed by atoms with Crippen LogP contribution in [-0.4, -0.2) is 67.4 Å². The van der Waals surface area contributed by atoms with Gasteiger partial charge < -0.3 is 19.5 Å². The van der Waals surface area contributed by atoms with Crippen LogP contribution in [0.3, 0.4) is 0 Å². The van der Waals surface area contributed by atoms with Gasteiger partial charge in [0.15, 0.2) is 0 Å². The molecule has 3 aromatic heterocycles. The summed E-state index contributed by atoms with van der Waals surface area (Å²) < 4.78 is 10.3. The number of likely N-dealkylation sites (tertiary alicyclic amines) is 1. The molecule has 1 saturated heterocycles. The van der Waals surface area contributed by atoms with Crippen LogP contribution in [-0.2, 0) is 13.6 Å². The third-order valence-electron chi connectivity index (χ3n) is 9.75. The van der Waals surface area contributed by atoms with E-state index in [-0.39, 0.29) is 5.91 Å². The monoisotopic (exact) mass is 610 g/mol. The van der Waals surface area contributed by atoms with Crippen molar-refractivity contribution in [3.63, 3.8) is 0 Å². The maximum atomic E-state index is 13.8. The second-order valence-electron chi connectivity index (χ2n) is 13.4. The Morgan fingerprint density at radius 1 is 1.04 bits per heavy atom. The zero-order valence-corrected chi connectivity index (χ0v) is 26.9. The van der Waals surface area contributed by atoms with Gasteiger partial charge in [0.25, 0.3) is 5.91 Å². The Balaban J connectivity index is 1.19. The number of hydrogen-bond acceptors (Lipinski definition) is 7. The summed E-state index contributed by atoms with van der Waals surface area (Å²) in [6.07, 6.45) is 11.4. The van der Waals surface area contributed by atoms with Crippen molar-refractivity contribution in [2.45, 2.75) is 77.8 Å². The van der Waals surface area contributed by atoms with Gasteiger partial charge in [-0.15, -0.1) is 0 Å². The number of fused-ring (bicyclic) bond motifs is 7. The van der Waals surface area contributed by atoms with E-state index in [9.17, 15) is 4.79 Å². The van der Waals surface area contributed by atoms with Crippen molar-refractivity contribution in [1.82, 2.24) is 29.2 Å². The molecule has 238 valence electrons. The first-order chi connectivity index (χ1) is 21.9. The van der Waals surface area contributed by atoms with Gasteiger partial charge in [0.1, 0.15) is 0 Å². The van der Waals surface area contributed by atoms with E-state index in [0.717, 1.165) is 60.3 Å². The molecular weight excluding hydrogens is 564 g/mol. The summed E-state index contributed by atoms with van der Waals surface area (Å²) in [5.41, 5.74) is 5.76. The van der Waals surface area contributed by atoms with Crippen LogP contribution < -0.4 is 15.4 Å². The molecule has 2 atom stereocenters. The Hall–Kier alpha value is -3.92. The molecule has 1 aliphatic carbocycles. The minimum Gasteiger partial charge on any atom is -0.477 e. The molecule has 3 aliphatic rings. The first-order valence-corrected chi connectivity index (χ1v) is 16.9. The van der Waals surface area contributed by atoms with Gasteiger partial charge in [-0.1, -0.05) is 6.42 Å². The molecule has 1 aromatic carbocycles. The second-order valence-corrected chi connectivity index (χ2v) is 13.4. The van der Waals surface area contributed by atoms with Crippen molar-refractivity contribution in [3.8, 4) is 17.1 Å². The third-order valence-corrected chi connectivity index (χ3v) is 9.75. The molecule has 2 bridgehead atoms. The smallest absolute Gasteiger partial charge is 0.258 e. The number of nitrogens with zero attached hydrogens (tertiary/aromatic N) is 6. The highest BCUT2D eigenvalue weighted by molar-refractivity contribution is 6.05. The Bertz CT molecular complexity index is 1670. The average molecular weight is 611 g/mol. The van der Waals surface area contributed by atoms with Gasteiger partial charge in [0, 0.05) is 43.1 Å². The fourth-order valence-electron chi connectivity index (χ4n) is 7.09. The predicted octanol–water partition coefficient (Wildman–Crippen LogP) is 6.27. The number of aryl methyl sites for hydroxylation is 2. The lowest BCUT2D eigenvalue weighted by Crippen LogP contribution is -2.33. The number of aromatic nitrogens is 5. The molecule has 2 fully saturated rings. The van der Waals surface area contributed by atoms with Crippen molar-refractivity contribution in [3.05, 3.63) is 47.8 Å². The fourth-order valence-corrected chi connectivity index (χ4v) is 7.09. The lowest BCUT2D eigenvalue weighted by Gasteiger charge is -2.27. The maximum absolute atomic E-state index is 13.8. The number of rotatable bonds is 6. The number of amides is 1. The first-order valence-electron chi connectivity index (χ1n) is 16.9. The molecule has 10 heteroatoms. The second kappa shape index (κ2) is 12.8. The topological polar surface area (TPSA) is 102 Å². The quantitative estimate of drug-likeness (QED) is 0.265. The molecule has 7 rings (SSSR count). The van der Waals surface area contributed by atoms with Crippen molar-refractivity contribution in [1.29, 1.82) is 0 Å². The molecule has 2 N–H and O–H groups in total. The van der Waals surface area contributed by atoms with Gasteiger partial charge >= 0.3 is 0 Å². The number of anilines is 2. The van der Waals surface area contributed by atoms with Gasteiger partial charge in [0.05, 0.1) is 35.1 Å². The summed E-state index contributed by atoms with van der Waals surface area (Å²) in [5.74, 6) is 2.25. The number of piperidine rings is 1. The van der Waals surface area contributed by atoms with Crippen LogP contribution in [0, 0.1) is 18.8 Å². The lowest BCUT2D eigenvalue weighted by molar-refractivity contribution is 0.102. The number of imidazole rings is 1. The minimum absolute atomic E-state index is 0.202. The summed E-state index contributed by atoms with van der Waals surface area (Å²) in [4.78, 5) is 26.2. The van der Waals surface area contributed by atoms with Crippen molar-refractivity contribution >= 4 is 28.6 Å². The standard InChI is InChI=1S/C35H46N8O2/c1-23(13-16-42-14-5-4-6-15-42)37-28-11-12-32-31(20-28)39-35-40-33(44)27-18-24(2)38-30(19-27)29-21-36-41(3)34(29)45-17-7-8-26(22-43(32)35)25-9-10-25/h11-12,18-21,23,25-26,37H,4-10,13-17,22H2,1-3H3,(H,39,40,44)/t23-,26+/m0/s1. The van der Waals surface area contributed by atoms with Gasteiger partial charge in [-0.05, 0) is 114 Å². The highest BCUT2D eigenvalue weighted by Gasteiger charge is 2.32. The molecule has 5 heterocycles. The molecular formula is C35H46N8O2. The molecule has 1 amide bonds. The minimum atomic E-state index is -0.202. The van der Waals surface area contributed by atoms with Gasteiger partial charge in [-0.25, -0.2) is 9.67 Å². The number of pyridine rings is 1. The molecule has 10 nitrogen and oxygen atoms in total. The summed E-state index contributed by atoms with van der Waals surface area (Å²) in [6, 6.07) is 10.5. The van der Waals surface area contributed by atoms with Crippen LogP contribution in [0.15, 0.2) is 36.5 Å². The van der Waals surface area contributed by atoms with Crippen LogP contribution in [0.2, 0.25) is 0 Å². The van der Waals surface area contributed by atoms with Crippen molar-refractivity contribution in [2.24, 2.45) is 18.9 Å². The van der Waals surface area contributed by atoms with E-state index >= 15 is 0 Å². The van der Waals surface area contributed by atoms with E-state index in [1.807, 2.05) is 26.1 Å². The zero-order chi connectivity index (χ0) is 30.9. The Morgan fingerprint density at radius 2 is 1.89 bits per heavy atom. The number of carbonyl (C=O) groups excluding carboxylic acids is 1. The highest BCUT2D eigenvalue weighted by Crippen LogP contribution is 2.41. The average Bonchev–Trinajstić information content (AvgIpc) is 3.74. The molecule has 0 spiro atoms. The summed E-state index contributed by atoms with van der Waals surface area (Å²) in [5, 5.41) is 11.3. The highest BCUT2D eigenvalue weighted by atomic mass is 16.5. The van der Waals surface area contributed by atoms with E-state index < -0.39 is 0 Å². The lowest BCUT2D eigenvalue weighted by atomic mass is 9.97. The van der Waals surface area contributed by atoms with Gasteiger partial charge in [-0.2, -0.15) is 5.10 Å². The van der Waals surface area contributed by atoms with E-state index in [1.54, 1.807) is 10.9 Å². The Labute approximate surface area is 265 Å². The Morgan fingerprint density at radius 3 is 2.71 bits per heavy atom. The summed E-state index contributed by atoms with van der Waals surface area (Å²) in [6.45, 7) is 9.17. The first kappa shape index (κ1) is 29.8. The molecule has 45 heavy (non-hydrogen) atoms. The molecule has 2 aliphatic heterocycles.